The summed E-state index contributed by atoms with van der Waals surface area (Å²) in [4.78, 5) is 27.5. The molecule has 0 aromatic heterocycles. The lowest BCUT2D eigenvalue weighted by atomic mass is 9.95. The average Bonchev–Trinajstić information content (AvgIpc) is 2.68. The standard InChI is InChI=1S/C23H28ClN3O2/c1-16(2)25-23(29)20-8-3-4-9-21(20)26-22(28)18-10-12-27(13-11-18)15-17-6-5-7-19(24)14-17/h3-9,14,16,18H,10-13,15H2,1-2H3,(H,25,29)(H,26,28). The van der Waals surface area contributed by atoms with Crippen LogP contribution in [0.2, 0.25) is 5.02 Å². The summed E-state index contributed by atoms with van der Waals surface area (Å²) >= 11 is 6.07. The number of rotatable bonds is 6. The number of likely N-dealkylation sites (tertiary alicyclic amines) is 1. The van der Waals surface area contributed by atoms with Crippen molar-refractivity contribution in [3.63, 3.8) is 0 Å². The van der Waals surface area contributed by atoms with Crippen LogP contribution in [0.15, 0.2) is 48.5 Å². The molecule has 0 radical (unpaired) electrons. The zero-order chi connectivity index (χ0) is 20.8. The number of piperidine rings is 1. The lowest BCUT2D eigenvalue weighted by Crippen LogP contribution is -2.38. The van der Waals surface area contributed by atoms with Crippen molar-refractivity contribution in [2.45, 2.75) is 39.3 Å². The van der Waals surface area contributed by atoms with E-state index in [4.69, 9.17) is 11.6 Å². The zero-order valence-corrected chi connectivity index (χ0v) is 17.7. The van der Waals surface area contributed by atoms with Gasteiger partial charge in [0.15, 0.2) is 0 Å². The molecule has 1 saturated heterocycles. The fraction of sp³-hybridized carbons (Fsp3) is 0.391. The van der Waals surface area contributed by atoms with Crippen LogP contribution in [0, 0.1) is 5.92 Å². The van der Waals surface area contributed by atoms with E-state index in [9.17, 15) is 9.59 Å². The largest absolute Gasteiger partial charge is 0.350 e. The van der Waals surface area contributed by atoms with Gasteiger partial charge in [-0.2, -0.15) is 0 Å². The van der Waals surface area contributed by atoms with Gasteiger partial charge >= 0.3 is 0 Å². The van der Waals surface area contributed by atoms with Gasteiger partial charge in [-0.3, -0.25) is 14.5 Å². The number of carbonyl (C=O) groups excluding carboxylic acids is 2. The van der Waals surface area contributed by atoms with Gasteiger partial charge in [0.1, 0.15) is 0 Å². The molecular weight excluding hydrogens is 386 g/mol. The summed E-state index contributed by atoms with van der Waals surface area (Å²) < 4.78 is 0. The van der Waals surface area contributed by atoms with Crippen molar-refractivity contribution in [2.75, 3.05) is 18.4 Å². The second-order valence-electron chi connectivity index (χ2n) is 7.84. The summed E-state index contributed by atoms with van der Waals surface area (Å²) in [5, 5.41) is 6.60. The average molecular weight is 414 g/mol. The first-order valence-corrected chi connectivity index (χ1v) is 10.5. The molecular formula is C23H28ClN3O2. The highest BCUT2D eigenvalue weighted by Crippen LogP contribution is 2.23. The number of nitrogens with zero attached hydrogens (tertiary/aromatic N) is 1. The molecule has 2 amide bonds. The first kappa shape index (κ1) is 21.3. The highest BCUT2D eigenvalue weighted by atomic mass is 35.5. The van der Waals surface area contributed by atoms with Crippen molar-refractivity contribution in [1.82, 2.24) is 10.2 Å². The molecule has 1 aliphatic rings. The van der Waals surface area contributed by atoms with Gasteiger partial charge in [0.05, 0.1) is 11.3 Å². The molecule has 2 aromatic carbocycles. The van der Waals surface area contributed by atoms with Crippen molar-refractivity contribution < 1.29 is 9.59 Å². The van der Waals surface area contributed by atoms with Crippen molar-refractivity contribution in [1.29, 1.82) is 0 Å². The minimum atomic E-state index is -0.174. The lowest BCUT2D eigenvalue weighted by Gasteiger charge is -2.31. The maximum absolute atomic E-state index is 12.8. The monoisotopic (exact) mass is 413 g/mol. The van der Waals surface area contributed by atoms with Gasteiger partial charge in [-0.05, 0) is 69.6 Å². The molecule has 6 heteroatoms. The van der Waals surface area contributed by atoms with Crippen LogP contribution in [0.4, 0.5) is 5.69 Å². The number of anilines is 1. The van der Waals surface area contributed by atoms with Gasteiger partial charge < -0.3 is 10.6 Å². The normalized spacial score (nSPS) is 15.3. The number of halogens is 1. The third-order valence-corrected chi connectivity index (χ3v) is 5.34. The Hall–Kier alpha value is -2.37. The maximum Gasteiger partial charge on any atom is 0.253 e. The topological polar surface area (TPSA) is 61.4 Å². The van der Waals surface area contributed by atoms with E-state index in [-0.39, 0.29) is 23.8 Å². The Morgan fingerprint density at radius 2 is 1.83 bits per heavy atom. The summed E-state index contributed by atoms with van der Waals surface area (Å²) in [6, 6.07) is 15.1. The van der Waals surface area contributed by atoms with Crippen LogP contribution in [-0.2, 0) is 11.3 Å². The summed E-state index contributed by atoms with van der Waals surface area (Å²) in [7, 11) is 0. The molecule has 1 fully saturated rings. The molecule has 3 rings (SSSR count). The lowest BCUT2D eigenvalue weighted by molar-refractivity contribution is -0.121. The van der Waals surface area contributed by atoms with Crippen LogP contribution < -0.4 is 10.6 Å². The maximum atomic E-state index is 12.8. The molecule has 0 saturated carbocycles. The van der Waals surface area contributed by atoms with Crippen LogP contribution in [0.25, 0.3) is 0 Å². The predicted molar refractivity (Wildman–Crippen MR) is 117 cm³/mol. The van der Waals surface area contributed by atoms with E-state index in [1.165, 1.54) is 5.56 Å². The molecule has 2 N–H and O–H groups in total. The molecule has 29 heavy (non-hydrogen) atoms. The second kappa shape index (κ2) is 9.90. The smallest absolute Gasteiger partial charge is 0.253 e. The van der Waals surface area contributed by atoms with Gasteiger partial charge in [-0.1, -0.05) is 35.9 Å². The van der Waals surface area contributed by atoms with Crippen molar-refractivity contribution in [3.05, 3.63) is 64.7 Å². The molecule has 0 unspecified atom stereocenters. The third kappa shape index (κ3) is 6.05. The number of amides is 2. The summed E-state index contributed by atoms with van der Waals surface area (Å²) in [5.41, 5.74) is 2.25. The zero-order valence-electron chi connectivity index (χ0n) is 17.0. The van der Waals surface area contributed by atoms with Gasteiger partial charge in [-0.15, -0.1) is 0 Å². The number of para-hydroxylation sites is 1. The van der Waals surface area contributed by atoms with Crippen molar-refractivity contribution in [3.8, 4) is 0 Å². The van der Waals surface area contributed by atoms with Crippen LogP contribution in [-0.4, -0.2) is 35.8 Å². The van der Waals surface area contributed by atoms with E-state index in [0.717, 1.165) is 37.5 Å². The van der Waals surface area contributed by atoms with E-state index in [0.29, 0.717) is 11.3 Å². The predicted octanol–water partition coefficient (Wildman–Crippen LogP) is 4.33. The molecule has 154 valence electrons. The SMILES string of the molecule is CC(C)NC(=O)c1ccccc1NC(=O)C1CCN(Cc2cccc(Cl)c2)CC1. The van der Waals surface area contributed by atoms with Crippen LogP contribution in [0.1, 0.15) is 42.6 Å². The molecule has 1 heterocycles. The van der Waals surface area contributed by atoms with Crippen LogP contribution in [0.3, 0.4) is 0 Å². The first-order chi connectivity index (χ1) is 13.9. The Kier molecular flexibility index (Phi) is 7.29. The first-order valence-electron chi connectivity index (χ1n) is 10.1. The molecule has 0 spiro atoms. The number of nitrogens with one attached hydrogen (secondary N) is 2. The van der Waals surface area contributed by atoms with Crippen LogP contribution >= 0.6 is 11.6 Å². The molecule has 5 nitrogen and oxygen atoms in total. The number of benzene rings is 2. The van der Waals surface area contributed by atoms with Gasteiger partial charge in [0.25, 0.3) is 5.91 Å². The number of hydrogen-bond acceptors (Lipinski definition) is 3. The Morgan fingerprint density at radius 3 is 2.52 bits per heavy atom. The molecule has 0 atom stereocenters. The number of hydrogen-bond donors (Lipinski definition) is 2. The van der Waals surface area contributed by atoms with Gasteiger partial charge in [0, 0.05) is 23.5 Å². The summed E-state index contributed by atoms with van der Waals surface area (Å²) in [6.07, 6.45) is 1.60. The molecule has 2 aromatic rings. The minimum absolute atomic E-state index is 0.0165. The number of carbonyl (C=O) groups is 2. The van der Waals surface area contributed by atoms with E-state index in [1.54, 1.807) is 18.2 Å². The van der Waals surface area contributed by atoms with E-state index >= 15 is 0 Å². The van der Waals surface area contributed by atoms with E-state index in [2.05, 4.69) is 21.6 Å². The van der Waals surface area contributed by atoms with Gasteiger partial charge in [0.2, 0.25) is 5.91 Å². The van der Waals surface area contributed by atoms with Crippen molar-refractivity contribution in [2.24, 2.45) is 5.92 Å². The molecule has 0 bridgehead atoms. The fourth-order valence-corrected chi connectivity index (χ4v) is 3.82. The highest BCUT2D eigenvalue weighted by Gasteiger charge is 2.26. The third-order valence-electron chi connectivity index (χ3n) is 5.10. The van der Waals surface area contributed by atoms with E-state index < -0.39 is 0 Å². The Balaban J connectivity index is 1.56. The second-order valence-corrected chi connectivity index (χ2v) is 8.28. The summed E-state index contributed by atoms with van der Waals surface area (Å²) in [5.74, 6) is -0.240. The fourth-order valence-electron chi connectivity index (χ4n) is 3.61. The Labute approximate surface area is 177 Å². The van der Waals surface area contributed by atoms with E-state index in [1.807, 2.05) is 38.1 Å². The highest BCUT2D eigenvalue weighted by molar-refractivity contribution is 6.30. The summed E-state index contributed by atoms with van der Waals surface area (Å²) in [6.45, 7) is 6.39. The van der Waals surface area contributed by atoms with Gasteiger partial charge in [-0.25, -0.2) is 0 Å². The Bertz CT molecular complexity index is 861. The minimum Gasteiger partial charge on any atom is -0.350 e. The van der Waals surface area contributed by atoms with Crippen molar-refractivity contribution >= 4 is 29.1 Å². The quantitative estimate of drug-likeness (QED) is 0.740. The molecule has 1 aliphatic heterocycles. The molecule has 0 aliphatic carbocycles. The van der Waals surface area contributed by atoms with Crippen LogP contribution in [0.5, 0.6) is 0 Å². The Morgan fingerprint density at radius 1 is 1.10 bits per heavy atom.